The predicted octanol–water partition coefficient (Wildman–Crippen LogP) is 2.12. The molecule has 3 rings (SSSR count). The number of nitrogens with zero attached hydrogens (tertiary/aromatic N) is 4. The molecule has 0 radical (unpaired) electrons. The Kier molecular flexibility index (Phi) is 6.68. The van der Waals surface area contributed by atoms with Gasteiger partial charge in [-0.05, 0) is 25.1 Å². The predicted molar refractivity (Wildman–Crippen MR) is 115 cm³/mol. The van der Waals surface area contributed by atoms with Crippen molar-refractivity contribution in [2.45, 2.75) is 6.92 Å². The van der Waals surface area contributed by atoms with Gasteiger partial charge in [-0.3, -0.25) is 51.5 Å². The van der Waals surface area contributed by atoms with E-state index in [4.69, 9.17) is 0 Å². The molecule has 14 nitrogen and oxygen atoms in total. The topological polar surface area (TPSA) is 194 Å². The summed E-state index contributed by atoms with van der Waals surface area (Å²) in [7, 11) is 0. The van der Waals surface area contributed by atoms with E-state index < -0.39 is 27.3 Å². The SMILES string of the molecule is Cc1ccc(C(=O)NNc2ncnc(NNC(=O)c3cccc([N+](=O)[O-])c3)c2[N+](=O)[O-])cc1. The number of nitro groups is 2. The third kappa shape index (κ3) is 5.52. The fourth-order valence-corrected chi connectivity index (χ4v) is 2.58. The molecule has 1 aromatic heterocycles. The number of amides is 2. The van der Waals surface area contributed by atoms with Crippen molar-refractivity contribution in [1.29, 1.82) is 0 Å². The molecular formula is C19H16N8O6. The standard InChI is InChI=1S/C19H16N8O6/c1-11-5-7-12(8-6-11)18(28)24-22-16-15(27(32)33)17(21-10-20-16)23-25-19(29)13-3-2-4-14(9-13)26(30)31/h2-10H,1H3,(H,24,28)(H,25,29)(H2,20,21,22,23). The maximum atomic E-state index is 12.3. The molecule has 1 heterocycles. The maximum Gasteiger partial charge on any atom is 0.356 e. The van der Waals surface area contributed by atoms with Gasteiger partial charge in [0.2, 0.25) is 11.6 Å². The van der Waals surface area contributed by atoms with Crippen molar-refractivity contribution < 1.29 is 19.4 Å². The molecular weight excluding hydrogens is 436 g/mol. The van der Waals surface area contributed by atoms with Crippen molar-refractivity contribution >= 4 is 34.8 Å². The van der Waals surface area contributed by atoms with E-state index in [2.05, 4.69) is 31.7 Å². The zero-order chi connectivity index (χ0) is 24.0. The molecule has 0 atom stereocenters. The Balaban J connectivity index is 1.73. The van der Waals surface area contributed by atoms with Gasteiger partial charge in [0.05, 0.1) is 9.85 Å². The molecule has 4 N–H and O–H groups in total. The summed E-state index contributed by atoms with van der Waals surface area (Å²) in [5, 5.41) is 22.4. The zero-order valence-electron chi connectivity index (χ0n) is 16.9. The first kappa shape index (κ1) is 22.5. The minimum atomic E-state index is -0.817. The first-order valence-corrected chi connectivity index (χ1v) is 9.19. The van der Waals surface area contributed by atoms with Gasteiger partial charge in [-0.1, -0.05) is 23.8 Å². The van der Waals surface area contributed by atoms with Gasteiger partial charge < -0.3 is 0 Å². The van der Waals surface area contributed by atoms with Crippen LogP contribution < -0.4 is 21.7 Å². The zero-order valence-corrected chi connectivity index (χ0v) is 16.9. The maximum absolute atomic E-state index is 12.3. The van der Waals surface area contributed by atoms with E-state index in [1.54, 1.807) is 24.3 Å². The van der Waals surface area contributed by atoms with Crippen LogP contribution in [0.4, 0.5) is 23.0 Å². The number of carbonyl (C=O) groups is 2. The number of nitro benzene ring substituents is 1. The van der Waals surface area contributed by atoms with Crippen LogP contribution in [0.15, 0.2) is 54.9 Å². The number of hydrogen-bond acceptors (Lipinski definition) is 10. The number of aromatic nitrogens is 2. The van der Waals surface area contributed by atoms with Crippen molar-refractivity contribution in [2.24, 2.45) is 0 Å². The van der Waals surface area contributed by atoms with Crippen molar-refractivity contribution in [3.63, 3.8) is 0 Å². The summed E-state index contributed by atoms with van der Waals surface area (Å²) in [6.45, 7) is 1.86. The number of nitrogens with one attached hydrogen (secondary N) is 4. The van der Waals surface area contributed by atoms with Crippen LogP contribution in [0.25, 0.3) is 0 Å². The monoisotopic (exact) mass is 452 g/mol. The number of anilines is 2. The lowest BCUT2D eigenvalue weighted by Gasteiger charge is -2.11. The Morgan fingerprint density at radius 2 is 1.39 bits per heavy atom. The van der Waals surface area contributed by atoms with Crippen molar-refractivity contribution in [3.05, 3.63) is 91.8 Å². The molecule has 0 fully saturated rings. The molecule has 0 unspecified atom stereocenters. The lowest BCUT2D eigenvalue weighted by atomic mass is 10.1. The van der Waals surface area contributed by atoms with E-state index in [9.17, 15) is 29.8 Å². The summed E-state index contributed by atoms with van der Waals surface area (Å²) in [6.07, 6.45) is 0.967. The smallest absolute Gasteiger partial charge is 0.276 e. The number of carbonyl (C=O) groups excluding carboxylic acids is 2. The van der Waals surface area contributed by atoms with Gasteiger partial charge in [0.25, 0.3) is 17.5 Å². The fraction of sp³-hybridized carbons (Fsp3) is 0.0526. The van der Waals surface area contributed by atoms with E-state index >= 15 is 0 Å². The molecule has 14 heteroatoms. The highest BCUT2D eigenvalue weighted by Crippen LogP contribution is 2.27. The van der Waals surface area contributed by atoms with Crippen molar-refractivity contribution in [2.75, 3.05) is 10.9 Å². The second kappa shape index (κ2) is 9.78. The first-order valence-electron chi connectivity index (χ1n) is 9.19. The Morgan fingerprint density at radius 1 is 0.818 bits per heavy atom. The van der Waals surface area contributed by atoms with Crippen LogP contribution in [-0.2, 0) is 0 Å². The number of non-ortho nitro benzene ring substituents is 1. The molecule has 0 spiro atoms. The van der Waals surface area contributed by atoms with Gasteiger partial charge in [0.1, 0.15) is 6.33 Å². The first-order chi connectivity index (χ1) is 15.8. The molecule has 0 aliphatic heterocycles. The number of benzene rings is 2. The normalized spacial score (nSPS) is 10.1. The van der Waals surface area contributed by atoms with E-state index in [-0.39, 0.29) is 22.9 Å². The van der Waals surface area contributed by atoms with Gasteiger partial charge in [0, 0.05) is 23.3 Å². The second-order valence-corrected chi connectivity index (χ2v) is 6.51. The van der Waals surface area contributed by atoms with Gasteiger partial charge in [-0.25, -0.2) is 9.97 Å². The van der Waals surface area contributed by atoms with Crippen molar-refractivity contribution in [1.82, 2.24) is 20.8 Å². The molecule has 0 aliphatic rings. The molecule has 3 aromatic rings. The molecule has 0 aliphatic carbocycles. The number of aryl methyl sites for hydroxylation is 1. The van der Waals surface area contributed by atoms with Gasteiger partial charge >= 0.3 is 5.69 Å². The third-order valence-corrected chi connectivity index (χ3v) is 4.23. The van der Waals surface area contributed by atoms with E-state index in [1.807, 2.05) is 6.92 Å². The van der Waals surface area contributed by atoms with E-state index in [0.29, 0.717) is 5.56 Å². The average Bonchev–Trinajstić information content (AvgIpc) is 2.81. The molecule has 2 amide bonds. The lowest BCUT2D eigenvalue weighted by Crippen LogP contribution is -2.32. The fourth-order valence-electron chi connectivity index (χ4n) is 2.58. The van der Waals surface area contributed by atoms with E-state index in [1.165, 1.54) is 18.2 Å². The second-order valence-electron chi connectivity index (χ2n) is 6.51. The van der Waals surface area contributed by atoms with Gasteiger partial charge in [0.15, 0.2) is 0 Å². The molecule has 0 bridgehead atoms. The summed E-state index contributed by atoms with van der Waals surface area (Å²) in [4.78, 5) is 52.9. The minimum absolute atomic E-state index is 0.0582. The largest absolute Gasteiger partial charge is 0.356 e. The number of hydrazine groups is 2. The van der Waals surface area contributed by atoms with Crippen LogP contribution in [0.1, 0.15) is 26.3 Å². The Hall–Kier alpha value is -5.14. The van der Waals surface area contributed by atoms with Crippen LogP contribution in [-0.4, -0.2) is 31.6 Å². The third-order valence-electron chi connectivity index (χ3n) is 4.23. The van der Waals surface area contributed by atoms with Crippen LogP contribution >= 0.6 is 0 Å². The van der Waals surface area contributed by atoms with Crippen LogP contribution in [0.3, 0.4) is 0 Å². The average molecular weight is 452 g/mol. The highest BCUT2D eigenvalue weighted by molar-refractivity contribution is 5.96. The Bertz CT molecular complexity index is 1230. The summed E-state index contributed by atoms with van der Waals surface area (Å²) in [5.74, 6) is -2.09. The molecule has 2 aromatic carbocycles. The lowest BCUT2D eigenvalue weighted by molar-refractivity contribution is -0.384. The summed E-state index contributed by atoms with van der Waals surface area (Å²) in [6, 6.07) is 11.5. The van der Waals surface area contributed by atoms with Gasteiger partial charge in [-0.15, -0.1) is 0 Å². The van der Waals surface area contributed by atoms with Gasteiger partial charge in [-0.2, -0.15) is 0 Å². The van der Waals surface area contributed by atoms with E-state index in [0.717, 1.165) is 18.0 Å². The molecule has 168 valence electrons. The number of rotatable bonds is 8. The van der Waals surface area contributed by atoms with Crippen LogP contribution in [0, 0.1) is 27.2 Å². The van der Waals surface area contributed by atoms with Crippen molar-refractivity contribution in [3.8, 4) is 0 Å². The Morgan fingerprint density at radius 3 is 1.94 bits per heavy atom. The molecule has 0 saturated heterocycles. The summed E-state index contributed by atoms with van der Waals surface area (Å²) >= 11 is 0. The Labute approximate surface area is 185 Å². The quantitative estimate of drug-likeness (QED) is 0.290. The number of hydrogen-bond donors (Lipinski definition) is 4. The molecule has 0 saturated carbocycles. The highest BCUT2D eigenvalue weighted by Gasteiger charge is 2.24. The highest BCUT2D eigenvalue weighted by atomic mass is 16.6. The van der Waals surface area contributed by atoms with Crippen LogP contribution in [0.5, 0.6) is 0 Å². The molecule has 33 heavy (non-hydrogen) atoms. The summed E-state index contributed by atoms with van der Waals surface area (Å²) < 4.78 is 0. The summed E-state index contributed by atoms with van der Waals surface area (Å²) in [5.41, 5.74) is 9.38. The minimum Gasteiger partial charge on any atom is -0.276 e. The van der Waals surface area contributed by atoms with Crippen LogP contribution in [0.2, 0.25) is 0 Å².